The molecule has 0 saturated heterocycles. The van der Waals surface area contributed by atoms with Gasteiger partial charge in [-0.1, -0.05) is 18.2 Å². The van der Waals surface area contributed by atoms with Crippen molar-refractivity contribution in [2.45, 2.75) is 0 Å². The van der Waals surface area contributed by atoms with E-state index in [1.54, 1.807) is 42.9 Å². The SMILES string of the molecule is O=C(C(Br)=NNc1ccccc1)c1ccc(Nc2cnccn2)cc1. The van der Waals surface area contributed by atoms with Crippen LogP contribution in [0.3, 0.4) is 0 Å². The molecular formula is C18H14BrN5O. The lowest BCUT2D eigenvalue weighted by Gasteiger charge is -2.06. The molecule has 2 aromatic carbocycles. The molecule has 0 bridgehead atoms. The van der Waals surface area contributed by atoms with Gasteiger partial charge in [0, 0.05) is 23.6 Å². The molecule has 0 fully saturated rings. The van der Waals surface area contributed by atoms with Crippen molar-refractivity contribution in [3.05, 3.63) is 78.8 Å². The number of nitrogens with zero attached hydrogens (tertiary/aromatic N) is 3. The first-order valence-corrected chi connectivity index (χ1v) is 8.24. The van der Waals surface area contributed by atoms with Gasteiger partial charge in [0.15, 0.2) is 4.62 Å². The smallest absolute Gasteiger partial charge is 0.220 e. The summed E-state index contributed by atoms with van der Waals surface area (Å²) in [6, 6.07) is 16.4. The Bertz CT molecular complexity index is 867. The molecule has 0 aliphatic rings. The van der Waals surface area contributed by atoms with Crippen molar-refractivity contribution < 1.29 is 4.79 Å². The summed E-state index contributed by atoms with van der Waals surface area (Å²) < 4.78 is 0.200. The Labute approximate surface area is 153 Å². The van der Waals surface area contributed by atoms with Crippen LogP contribution in [0.25, 0.3) is 0 Å². The Balaban J connectivity index is 1.65. The molecule has 0 spiro atoms. The fourth-order valence-corrected chi connectivity index (χ4v) is 2.33. The fraction of sp³-hybridized carbons (Fsp3) is 0. The number of anilines is 3. The number of ketones is 1. The van der Waals surface area contributed by atoms with E-state index in [-0.39, 0.29) is 10.4 Å². The molecule has 0 aliphatic carbocycles. The molecule has 25 heavy (non-hydrogen) atoms. The summed E-state index contributed by atoms with van der Waals surface area (Å²) in [5.74, 6) is 0.422. The molecule has 0 amide bonds. The minimum Gasteiger partial charge on any atom is -0.339 e. The van der Waals surface area contributed by atoms with Gasteiger partial charge in [-0.15, -0.1) is 0 Å². The monoisotopic (exact) mass is 395 g/mol. The first-order chi connectivity index (χ1) is 12.2. The van der Waals surface area contributed by atoms with Crippen LogP contribution in [0, 0.1) is 0 Å². The van der Waals surface area contributed by atoms with E-state index in [1.165, 1.54) is 0 Å². The maximum atomic E-state index is 12.4. The zero-order valence-corrected chi connectivity index (χ0v) is 14.6. The third-order valence-corrected chi connectivity index (χ3v) is 3.76. The highest BCUT2D eigenvalue weighted by atomic mass is 79.9. The number of halogens is 1. The van der Waals surface area contributed by atoms with Crippen molar-refractivity contribution in [2.75, 3.05) is 10.7 Å². The second-order valence-corrected chi connectivity index (χ2v) is 5.75. The Morgan fingerprint density at radius 3 is 2.40 bits per heavy atom. The van der Waals surface area contributed by atoms with Gasteiger partial charge in [0.1, 0.15) is 5.82 Å². The lowest BCUT2D eigenvalue weighted by atomic mass is 10.1. The first-order valence-electron chi connectivity index (χ1n) is 7.44. The quantitative estimate of drug-likeness (QED) is 0.371. The van der Waals surface area contributed by atoms with Gasteiger partial charge < -0.3 is 5.32 Å². The summed E-state index contributed by atoms with van der Waals surface area (Å²) in [5.41, 5.74) is 4.97. The summed E-state index contributed by atoms with van der Waals surface area (Å²) in [5, 5.41) is 7.17. The third-order valence-electron chi connectivity index (χ3n) is 3.23. The van der Waals surface area contributed by atoms with Gasteiger partial charge in [-0.3, -0.25) is 15.2 Å². The topological polar surface area (TPSA) is 79.3 Å². The molecule has 3 aromatic rings. The van der Waals surface area contributed by atoms with Crippen molar-refractivity contribution >= 4 is 43.5 Å². The maximum Gasteiger partial charge on any atom is 0.220 e. The lowest BCUT2D eigenvalue weighted by molar-refractivity contribution is 0.106. The standard InChI is InChI=1S/C18H14BrN5O/c19-18(24-23-15-4-2-1-3-5-15)17(25)13-6-8-14(9-7-13)22-16-12-20-10-11-21-16/h1-12,23H,(H,21,22). The van der Waals surface area contributed by atoms with Crippen LogP contribution in [0.15, 0.2) is 78.3 Å². The van der Waals surface area contributed by atoms with Crippen molar-refractivity contribution in [1.82, 2.24) is 9.97 Å². The van der Waals surface area contributed by atoms with Crippen molar-refractivity contribution in [3.63, 3.8) is 0 Å². The van der Waals surface area contributed by atoms with Crippen molar-refractivity contribution in [3.8, 4) is 0 Å². The molecule has 1 heterocycles. The second-order valence-electron chi connectivity index (χ2n) is 5.00. The van der Waals surface area contributed by atoms with Gasteiger partial charge in [0.05, 0.1) is 11.9 Å². The summed E-state index contributed by atoms with van der Waals surface area (Å²) in [6.45, 7) is 0. The highest BCUT2D eigenvalue weighted by molar-refractivity contribution is 9.19. The number of hydrogen-bond acceptors (Lipinski definition) is 6. The Morgan fingerprint density at radius 2 is 1.72 bits per heavy atom. The minimum atomic E-state index is -0.213. The van der Waals surface area contributed by atoms with E-state index < -0.39 is 0 Å². The highest BCUT2D eigenvalue weighted by Crippen LogP contribution is 2.16. The molecule has 3 rings (SSSR count). The Morgan fingerprint density at radius 1 is 0.960 bits per heavy atom. The molecule has 6 nitrogen and oxygen atoms in total. The number of hydrogen-bond donors (Lipinski definition) is 2. The number of carbonyl (C=O) groups excluding carboxylic acids is 1. The van der Waals surface area contributed by atoms with E-state index >= 15 is 0 Å². The third kappa shape index (κ3) is 4.71. The van der Waals surface area contributed by atoms with Crippen LogP contribution in [-0.2, 0) is 0 Å². The summed E-state index contributed by atoms with van der Waals surface area (Å²) in [4.78, 5) is 20.5. The van der Waals surface area contributed by atoms with E-state index in [9.17, 15) is 4.79 Å². The van der Waals surface area contributed by atoms with Gasteiger partial charge in [-0.05, 0) is 52.3 Å². The fourth-order valence-electron chi connectivity index (χ4n) is 2.01. The number of Topliss-reactive ketones (excluding diaryl/α,β-unsaturated/α-hetero) is 1. The number of aromatic nitrogens is 2. The molecule has 0 atom stereocenters. The zero-order valence-electron chi connectivity index (χ0n) is 13.1. The minimum absolute atomic E-state index is 0.200. The summed E-state index contributed by atoms with van der Waals surface area (Å²) >= 11 is 3.21. The number of hydrazone groups is 1. The van der Waals surface area contributed by atoms with Crippen LogP contribution in [-0.4, -0.2) is 20.4 Å². The van der Waals surface area contributed by atoms with E-state index in [0.29, 0.717) is 11.4 Å². The van der Waals surface area contributed by atoms with E-state index in [2.05, 4.69) is 41.7 Å². The van der Waals surface area contributed by atoms with Crippen LogP contribution < -0.4 is 10.7 Å². The molecule has 0 saturated carbocycles. The molecular weight excluding hydrogens is 382 g/mol. The number of benzene rings is 2. The van der Waals surface area contributed by atoms with E-state index in [4.69, 9.17) is 0 Å². The molecule has 1 aromatic heterocycles. The van der Waals surface area contributed by atoms with Crippen LogP contribution >= 0.6 is 15.9 Å². The average Bonchev–Trinajstić information content (AvgIpc) is 2.68. The van der Waals surface area contributed by atoms with Crippen LogP contribution in [0.4, 0.5) is 17.2 Å². The molecule has 0 aliphatic heterocycles. The Kier molecular flexibility index (Phi) is 5.48. The van der Waals surface area contributed by atoms with Crippen LogP contribution in [0.1, 0.15) is 10.4 Å². The molecule has 7 heteroatoms. The van der Waals surface area contributed by atoms with Crippen LogP contribution in [0.2, 0.25) is 0 Å². The van der Waals surface area contributed by atoms with Crippen molar-refractivity contribution in [2.24, 2.45) is 5.10 Å². The Hall–Kier alpha value is -3.06. The molecule has 2 N–H and O–H groups in total. The first kappa shape index (κ1) is 16.8. The number of para-hydroxylation sites is 1. The zero-order chi connectivity index (χ0) is 17.5. The summed E-state index contributed by atoms with van der Waals surface area (Å²) in [6.07, 6.45) is 4.83. The number of rotatable bonds is 6. The molecule has 0 unspecified atom stereocenters. The largest absolute Gasteiger partial charge is 0.339 e. The maximum absolute atomic E-state index is 12.4. The van der Waals surface area contributed by atoms with E-state index in [0.717, 1.165) is 11.4 Å². The lowest BCUT2D eigenvalue weighted by Crippen LogP contribution is -2.09. The predicted octanol–water partition coefficient (Wildman–Crippen LogP) is 4.22. The summed E-state index contributed by atoms with van der Waals surface area (Å²) in [7, 11) is 0. The van der Waals surface area contributed by atoms with E-state index in [1.807, 2.05) is 30.3 Å². The normalized spacial score (nSPS) is 11.0. The molecule has 0 radical (unpaired) electrons. The van der Waals surface area contributed by atoms with Crippen LogP contribution in [0.5, 0.6) is 0 Å². The van der Waals surface area contributed by atoms with Gasteiger partial charge in [-0.25, -0.2) is 4.98 Å². The van der Waals surface area contributed by atoms with Gasteiger partial charge in [0.2, 0.25) is 5.78 Å². The number of carbonyl (C=O) groups is 1. The molecule has 124 valence electrons. The van der Waals surface area contributed by atoms with Gasteiger partial charge >= 0.3 is 0 Å². The predicted molar refractivity (Wildman–Crippen MR) is 103 cm³/mol. The van der Waals surface area contributed by atoms with Crippen molar-refractivity contribution in [1.29, 1.82) is 0 Å². The average molecular weight is 396 g/mol. The highest BCUT2D eigenvalue weighted by Gasteiger charge is 2.11. The number of nitrogens with one attached hydrogen (secondary N) is 2. The second kappa shape index (κ2) is 8.16. The van der Waals surface area contributed by atoms with Gasteiger partial charge in [-0.2, -0.15) is 5.10 Å². The van der Waals surface area contributed by atoms with Gasteiger partial charge in [0.25, 0.3) is 0 Å².